The number of carbonyl (C=O) groups is 1. The molecule has 0 radical (unpaired) electrons. The van der Waals surface area contributed by atoms with Gasteiger partial charge in [0.15, 0.2) is 0 Å². The zero-order chi connectivity index (χ0) is 22.3. The number of rotatable bonds is 3. The molecule has 4 aliphatic heterocycles. The molecule has 5 heteroatoms. The Morgan fingerprint density at radius 2 is 1.75 bits per heavy atom. The average Bonchev–Trinajstić information content (AvgIpc) is 2.79. The second kappa shape index (κ2) is 8.43. The first-order valence-electron chi connectivity index (χ1n) is 11.9. The normalized spacial score (nSPS) is 26.7. The van der Waals surface area contributed by atoms with E-state index in [4.69, 9.17) is 9.47 Å². The minimum absolute atomic E-state index is 0.0234. The number of benzene rings is 2. The van der Waals surface area contributed by atoms with Crippen LogP contribution in [0, 0.1) is 5.92 Å². The molecule has 2 aromatic rings. The van der Waals surface area contributed by atoms with Crippen LogP contribution in [-0.4, -0.2) is 43.3 Å². The van der Waals surface area contributed by atoms with Crippen LogP contribution in [0.25, 0.3) is 11.1 Å². The Hall–Kier alpha value is -2.53. The second-order valence-corrected chi connectivity index (χ2v) is 10.5. The SMILES string of the molecule is CC(C)(C)c1ccc(-c2ccc3c(c2)OCCC3NC(=O)O[C@@H]2CN3CCC2CC3)cc1. The van der Waals surface area contributed by atoms with Gasteiger partial charge in [-0.05, 0) is 60.0 Å². The van der Waals surface area contributed by atoms with E-state index in [1.807, 2.05) is 0 Å². The van der Waals surface area contributed by atoms with E-state index in [0.717, 1.165) is 55.8 Å². The van der Waals surface area contributed by atoms with Crippen LogP contribution in [0.5, 0.6) is 5.75 Å². The van der Waals surface area contributed by atoms with Crippen LogP contribution >= 0.6 is 0 Å². The second-order valence-electron chi connectivity index (χ2n) is 10.5. The van der Waals surface area contributed by atoms with Crippen LogP contribution in [-0.2, 0) is 10.2 Å². The lowest BCUT2D eigenvalue weighted by Gasteiger charge is -2.44. The third-order valence-electron chi connectivity index (χ3n) is 7.28. The summed E-state index contributed by atoms with van der Waals surface area (Å²) in [6.45, 7) is 10.4. The largest absolute Gasteiger partial charge is 0.493 e. The van der Waals surface area contributed by atoms with Crippen LogP contribution in [0.2, 0.25) is 0 Å². The van der Waals surface area contributed by atoms with Gasteiger partial charge in [-0.1, -0.05) is 57.2 Å². The first-order chi connectivity index (χ1) is 15.4. The number of ether oxygens (including phenoxy) is 2. The third kappa shape index (κ3) is 4.36. The molecule has 32 heavy (non-hydrogen) atoms. The number of hydrogen-bond donors (Lipinski definition) is 1. The van der Waals surface area contributed by atoms with Gasteiger partial charge < -0.3 is 14.8 Å². The lowest BCUT2D eigenvalue weighted by atomic mass is 9.86. The molecule has 2 aromatic carbocycles. The summed E-state index contributed by atoms with van der Waals surface area (Å²) < 4.78 is 11.8. The number of nitrogens with one attached hydrogen (secondary N) is 1. The molecule has 2 bridgehead atoms. The van der Waals surface area contributed by atoms with Crippen LogP contribution in [0.4, 0.5) is 4.79 Å². The third-order valence-corrected chi connectivity index (χ3v) is 7.28. The van der Waals surface area contributed by atoms with Gasteiger partial charge in [0.2, 0.25) is 0 Å². The van der Waals surface area contributed by atoms with E-state index in [9.17, 15) is 4.79 Å². The summed E-state index contributed by atoms with van der Waals surface area (Å²) in [7, 11) is 0. The van der Waals surface area contributed by atoms with Gasteiger partial charge in [0.1, 0.15) is 11.9 Å². The first-order valence-corrected chi connectivity index (χ1v) is 11.9. The lowest BCUT2D eigenvalue weighted by Crippen LogP contribution is -2.52. The van der Waals surface area contributed by atoms with Gasteiger partial charge in [0.25, 0.3) is 0 Å². The van der Waals surface area contributed by atoms with E-state index in [-0.39, 0.29) is 23.7 Å². The van der Waals surface area contributed by atoms with Crippen LogP contribution < -0.4 is 10.1 Å². The van der Waals surface area contributed by atoms with Crippen molar-refractivity contribution >= 4 is 6.09 Å². The highest BCUT2D eigenvalue weighted by atomic mass is 16.6. The summed E-state index contributed by atoms with van der Waals surface area (Å²) in [5.41, 5.74) is 4.78. The highest BCUT2D eigenvalue weighted by molar-refractivity contribution is 5.70. The van der Waals surface area contributed by atoms with Crippen molar-refractivity contribution in [3.63, 3.8) is 0 Å². The molecular formula is C27H34N2O3. The molecule has 1 unspecified atom stereocenters. The molecular weight excluding hydrogens is 400 g/mol. The molecule has 0 aromatic heterocycles. The maximum atomic E-state index is 12.7. The Balaban J connectivity index is 1.27. The number of alkyl carbamates (subject to hydrolysis) is 1. The summed E-state index contributed by atoms with van der Waals surface area (Å²) in [5.74, 6) is 1.36. The number of carbonyl (C=O) groups excluding carboxylic acids is 1. The molecule has 6 rings (SSSR count). The van der Waals surface area contributed by atoms with Crippen LogP contribution in [0.3, 0.4) is 0 Å². The smallest absolute Gasteiger partial charge is 0.407 e. The van der Waals surface area contributed by atoms with Crippen molar-refractivity contribution < 1.29 is 14.3 Å². The van der Waals surface area contributed by atoms with Gasteiger partial charge in [-0.15, -0.1) is 0 Å². The monoisotopic (exact) mass is 434 g/mol. The van der Waals surface area contributed by atoms with Gasteiger partial charge in [-0.25, -0.2) is 4.79 Å². The fourth-order valence-electron chi connectivity index (χ4n) is 5.24. The molecule has 170 valence electrons. The van der Waals surface area contributed by atoms with E-state index < -0.39 is 0 Å². The topological polar surface area (TPSA) is 50.8 Å². The van der Waals surface area contributed by atoms with Crippen molar-refractivity contribution in [2.45, 2.75) is 57.6 Å². The summed E-state index contributed by atoms with van der Waals surface area (Å²) >= 11 is 0. The van der Waals surface area contributed by atoms with Gasteiger partial charge >= 0.3 is 6.09 Å². The Morgan fingerprint density at radius 3 is 2.41 bits per heavy atom. The Bertz CT molecular complexity index is 971. The molecule has 3 saturated heterocycles. The minimum Gasteiger partial charge on any atom is -0.493 e. The zero-order valence-corrected chi connectivity index (χ0v) is 19.4. The van der Waals surface area contributed by atoms with Crippen molar-refractivity contribution in [1.29, 1.82) is 0 Å². The number of amides is 1. The Labute approximate surface area is 191 Å². The highest BCUT2D eigenvalue weighted by Crippen LogP contribution is 2.36. The standard InChI is InChI=1S/C27H34N2O3/c1-27(2,3)21-7-4-18(5-8-21)20-6-9-22-23(12-15-31-24(22)16-20)28-26(30)32-25-17-29-13-10-19(25)11-14-29/h4-9,16,19,23,25H,10-15,17H2,1-3H3,(H,28,30)/t23?,25-/m1/s1. The van der Waals surface area contributed by atoms with Crippen molar-refractivity contribution in [3.8, 4) is 16.9 Å². The maximum absolute atomic E-state index is 12.7. The molecule has 4 aliphatic rings. The molecule has 4 heterocycles. The van der Waals surface area contributed by atoms with Crippen molar-refractivity contribution in [2.75, 3.05) is 26.2 Å². The quantitative estimate of drug-likeness (QED) is 0.713. The minimum atomic E-state index is -0.302. The Morgan fingerprint density at radius 1 is 1.03 bits per heavy atom. The fraction of sp³-hybridized carbons (Fsp3) is 0.519. The van der Waals surface area contributed by atoms with Gasteiger partial charge in [0, 0.05) is 18.5 Å². The van der Waals surface area contributed by atoms with Gasteiger partial charge in [-0.3, -0.25) is 4.90 Å². The number of nitrogens with zero attached hydrogens (tertiary/aromatic N) is 1. The molecule has 3 fully saturated rings. The maximum Gasteiger partial charge on any atom is 0.407 e. The predicted molar refractivity (Wildman–Crippen MR) is 126 cm³/mol. The van der Waals surface area contributed by atoms with Crippen molar-refractivity contribution in [2.24, 2.45) is 5.92 Å². The number of piperidine rings is 3. The van der Waals surface area contributed by atoms with E-state index in [1.54, 1.807) is 0 Å². The zero-order valence-electron chi connectivity index (χ0n) is 19.4. The fourth-order valence-corrected chi connectivity index (χ4v) is 5.24. The summed E-state index contributed by atoms with van der Waals surface area (Å²) in [4.78, 5) is 15.1. The van der Waals surface area contributed by atoms with Gasteiger partial charge in [-0.2, -0.15) is 0 Å². The molecule has 5 nitrogen and oxygen atoms in total. The molecule has 2 atom stereocenters. The highest BCUT2D eigenvalue weighted by Gasteiger charge is 2.37. The van der Waals surface area contributed by atoms with Gasteiger partial charge in [0.05, 0.1) is 12.6 Å². The van der Waals surface area contributed by atoms with E-state index in [1.165, 1.54) is 11.1 Å². The van der Waals surface area contributed by atoms with Crippen molar-refractivity contribution in [3.05, 3.63) is 53.6 Å². The first kappa shape index (κ1) is 21.3. The molecule has 1 amide bonds. The molecule has 0 saturated carbocycles. The summed E-state index contributed by atoms with van der Waals surface area (Å²) in [5, 5.41) is 3.11. The van der Waals surface area contributed by atoms with E-state index in [2.05, 4.69) is 73.5 Å². The van der Waals surface area contributed by atoms with E-state index in [0.29, 0.717) is 12.5 Å². The van der Waals surface area contributed by atoms with E-state index >= 15 is 0 Å². The summed E-state index contributed by atoms with van der Waals surface area (Å²) in [6, 6.07) is 15.0. The van der Waals surface area contributed by atoms with Crippen molar-refractivity contribution in [1.82, 2.24) is 10.2 Å². The van der Waals surface area contributed by atoms with Crippen LogP contribution in [0.15, 0.2) is 42.5 Å². The number of hydrogen-bond acceptors (Lipinski definition) is 4. The van der Waals surface area contributed by atoms with Crippen LogP contribution in [0.1, 0.15) is 57.2 Å². The molecule has 0 spiro atoms. The lowest BCUT2D eigenvalue weighted by molar-refractivity contribution is -0.0342. The Kier molecular flexibility index (Phi) is 5.62. The summed E-state index contributed by atoms with van der Waals surface area (Å²) in [6.07, 6.45) is 2.75. The molecule has 1 N–H and O–H groups in total. The average molecular weight is 435 g/mol. The molecule has 0 aliphatic carbocycles. The number of fused-ring (bicyclic) bond motifs is 4. The predicted octanol–water partition coefficient (Wildman–Crippen LogP) is 5.30.